The van der Waals surface area contributed by atoms with Gasteiger partial charge in [0.1, 0.15) is 0 Å². The Balaban J connectivity index is 1.38. The van der Waals surface area contributed by atoms with Crippen LogP contribution in [-0.2, 0) is 12.8 Å². The summed E-state index contributed by atoms with van der Waals surface area (Å²) in [5.74, 6) is 0.438. The molecule has 4 rings (SSSR count). The van der Waals surface area contributed by atoms with E-state index in [9.17, 15) is 4.79 Å². The Morgan fingerprint density at radius 1 is 1.32 bits per heavy atom. The van der Waals surface area contributed by atoms with Crippen LogP contribution in [-0.4, -0.2) is 39.8 Å². The molecule has 1 aliphatic carbocycles. The average molecular weight is 338 g/mol. The summed E-state index contributed by atoms with van der Waals surface area (Å²) in [7, 11) is 0. The first-order chi connectivity index (χ1) is 12.1. The fraction of sp³-hybridized carbons (Fsp3) is 0.500. The summed E-state index contributed by atoms with van der Waals surface area (Å²) >= 11 is 0. The minimum atomic E-state index is 0.0825. The summed E-state index contributed by atoms with van der Waals surface area (Å²) in [6.07, 6.45) is 5.74. The number of carbonyl (C=O) groups is 1. The molecule has 2 amide bonds. The van der Waals surface area contributed by atoms with Crippen molar-refractivity contribution in [3.05, 3.63) is 52.8 Å². The van der Waals surface area contributed by atoms with Gasteiger partial charge in [0.2, 0.25) is 0 Å². The standard InChI is InChI=1S/C20H26N4O/c1-13-3-5-15(6-4-13)17-9-14(2)24(12-17)20(25)22-18-7-8-19-16(10-18)11-21-23-19/h3-6,11,14,17-18H,7-10,12H2,1-2H3,(H,21,23)(H,22,25). The van der Waals surface area contributed by atoms with Crippen LogP contribution in [0.15, 0.2) is 30.5 Å². The van der Waals surface area contributed by atoms with Crippen LogP contribution in [0, 0.1) is 6.92 Å². The van der Waals surface area contributed by atoms with Gasteiger partial charge in [0.25, 0.3) is 0 Å². The highest BCUT2D eigenvalue weighted by Gasteiger charge is 2.34. The first-order valence-corrected chi connectivity index (χ1v) is 9.25. The van der Waals surface area contributed by atoms with E-state index in [0.717, 1.165) is 32.2 Å². The topological polar surface area (TPSA) is 61.0 Å². The fourth-order valence-electron chi connectivity index (χ4n) is 4.19. The van der Waals surface area contributed by atoms with Crippen molar-refractivity contribution in [2.75, 3.05) is 6.54 Å². The summed E-state index contributed by atoms with van der Waals surface area (Å²) in [4.78, 5) is 14.8. The van der Waals surface area contributed by atoms with Crippen LogP contribution in [0.3, 0.4) is 0 Å². The minimum Gasteiger partial charge on any atom is -0.335 e. The molecule has 2 heterocycles. The van der Waals surface area contributed by atoms with Crippen molar-refractivity contribution in [1.29, 1.82) is 0 Å². The van der Waals surface area contributed by atoms with Crippen LogP contribution >= 0.6 is 0 Å². The Morgan fingerprint density at radius 3 is 2.92 bits per heavy atom. The van der Waals surface area contributed by atoms with Gasteiger partial charge in [-0.05, 0) is 50.7 Å². The summed E-state index contributed by atoms with van der Waals surface area (Å²) in [5, 5.41) is 10.4. The first-order valence-electron chi connectivity index (χ1n) is 9.25. The molecule has 2 aliphatic rings. The number of carbonyl (C=O) groups excluding carboxylic acids is 1. The van der Waals surface area contributed by atoms with Gasteiger partial charge in [-0.3, -0.25) is 5.10 Å². The van der Waals surface area contributed by atoms with E-state index in [1.807, 2.05) is 11.1 Å². The smallest absolute Gasteiger partial charge is 0.317 e. The molecule has 2 aromatic rings. The van der Waals surface area contributed by atoms with Crippen molar-refractivity contribution in [3.63, 3.8) is 0 Å². The van der Waals surface area contributed by atoms with E-state index in [1.54, 1.807) is 0 Å². The molecule has 1 aliphatic heterocycles. The Bertz CT molecular complexity index is 751. The molecular formula is C20H26N4O. The van der Waals surface area contributed by atoms with E-state index >= 15 is 0 Å². The van der Waals surface area contributed by atoms with E-state index < -0.39 is 0 Å². The summed E-state index contributed by atoms with van der Waals surface area (Å²) < 4.78 is 0. The maximum atomic E-state index is 12.8. The molecule has 0 saturated carbocycles. The number of amides is 2. The molecule has 25 heavy (non-hydrogen) atoms. The van der Waals surface area contributed by atoms with Gasteiger partial charge in [-0.2, -0.15) is 5.10 Å². The lowest BCUT2D eigenvalue weighted by Crippen LogP contribution is -2.47. The van der Waals surface area contributed by atoms with Gasteiger partial charge in [-0.1, -0.05) is 29.8 Å². The van der Waals surface area contributed by atoms with Crippen LogP contribution < -0.4 is 5.32 Å². The highest BCUT2D eigenvalue weighted by atomic mass is 16.2. The van der Waals surface area contributed by atoms with Gasteiger partial charge in [0.15, 0.2) is 0 Å². The lowest BCUT2D eigenvalue weighted by Gasteiger charge is -2.28. The van der Waals surface area contributed by atoms with Gasteiger partial charge in [0.05, 0.1) is 6.20 Å². The molecule has 0 bridgehead atoms. The number of hydrogen-bond donors (Lipinski definition) is 2. The third-order valence-corrected chi connectivity index (χ3v) is 5.73. The second-order valence-electron chi connectivity index (χ2n) is 7.61. The van der Waals surface area contributed by atoms with Gasteiger partial charge in [-0.25, -0.2) is 4.79 Å². The predicted molar refractivity (Wildman–Crippen MR) is 97.6 cm³/mol. The molecule has 1 aromatic carbocycles. The molecular weight excluding hydrogens is 312 g/mol. The van der Waals surface area contributed by atoms with Gasteiger partial charge < -0.3 is 10.2 Å². The second kappa shape index (κ2) is 6.54. The van der Waals surface area contributed by atoms with Gasteiger partial charge in [0, 0.05) is 30.2 Å². The SMILES string of the molecule is Cc1ccc(C2CC(C)N(C(=O)NC3CCc4[nH]ncc4C3)C2)cc1. The Kier molecular flexibility index (Phi) is 4.24. The zero-order valence-electron chi connectivity index (χ0n) is 15.0. The minimum absolute atomic E-state index is 0.0825. The predicted octanol–water partition coefficient (Wildman–Crippen LogP) is 3.16. The Morgan fingerprint density at radius 2 is 2.12 bits per heavy atom. The lowest BCUT2D eigenvalue weighted by atomic mass is 9.94. The highest BCUT2D eigenvalue weighted by Crippen LogP contribution is 2.32. The number of rotatable bonds is 2. The molecule has 0 spiro atoms. The molecule has 0 radical (unpaired) electrons. The Labute approximate surface area is 148 Å². The number of aromatic amines is 1. The van der Waals surface area contributed by atoms with Crippen molar-refractivity contribution >= 4 is 6.03 Å². The van der Waals surface area contributed by atoms with Crippen molar-refractivity contribution in [3.8, 4) is 0 Å². The average Bonchev–Trinajstić information content (AvgIpc) is 3.21. The molecule has 1 saturated heterocycles. The fourth-order valence-corrected chi connectivity index (χ4v) is 4.19. The number of benzene rings is 1. The number of nitrogens with zero attached hydrogens (tertiary/aromatic N) is 2. The molecule has 5 heteroatoms. The molecule has 3 unspecified atom stereocenters. The number of urea groups is 1. The lowest BCUT2D eigenvalue weighted by molar-refractivity contribution is 0.190. The van der Waals surface area contributed by atoms with Gasteiger partial charge >= 0.3 is 6.03 Å². The molecule has 1 aromatic heterocycles. The largest absolute Gasteiger partial charge is 0.335 e. The first kappa shape index (κ1) is 16.2. The molecule has 132 valence electrons. The Hall–Kier alpha value is -2.30. The zero-order valence-corrected chi connectivity index (χ0v) is 15.0. The van der Waals surface area contributed by atoms with Crippen LogP contribution in [0.2, 0.25) is 0 Å². The molecule has 3 atom stereocenters. The van der Waals surface area contributed by atoms with Gasteiger partial charge in [-0.15, -0.1) is 0 Å². The number of fused-ring (bicyclic) bond motifs is 1. The summed E-state index contributed by atoms with van der Waals surface area (Å²) in [6.45, 7) is 5.07. The molecule has 1 fully saturated rings. The number of H-pyrrole nitrogens is 1. The van der Waals surface area contributed by atoms with Crippen molar-refractivity contribution in [2.24, 2.45) is 0 Å². The zero-order chi connectivity index (χ0) is 17.4. The number of nitrogens with one attached hydrogen (secondary N) is 2. The second-order valence-corrected chi connectivity index (χ2v) is 7.61. The van der Waals surface area contributed by atoms with Crippen LogP contribution in [0.25, 0.3) is 0 Å². The van der Waals surface area contributed by atoms with Crippen molar-refractivity contribution < 1.29 is 4.79 Å². The maximum absolute atomic E-state index is 12.8. The van der Waals surface area contributed by atoms with Crippen molar-refractivity contribution in [1.82, 2.24) is 20.4 Å². The molecule has 2 N–H and O–H groups in total. The quantitative estimate of drug-likeness (QED) is 0.883. The van der Waals surface area contributed by atoms with E-state index in [1.165, 1.54) is 22.4 Å². The number of likely N-dealkylation sites (tertiary alicyclic amines) is 1. The van der Waals surface area contributed by atoms with E-state index in [2.05, 4.69) is 53.6 Å². The number of aromatic nitrogens is 2. The van der Waals surface area contributed by atoms with E-state index in [4.69, 9.17) is 0 Å². The van der Waals surface area contributed by atoms with Crippen molar-refractivity contribution in [2.45, 2.75) is 57.5 Å². The van der Waals surface area contributed by atoms with E-state index in [-0.39, 0.29) is 18.1 Å². The summed E-state index contributed by atoms with van der Waals surface area (Å²) in [5.41, 5.74) is 5.08. The van der Waals surface area contributed by atoms with Crippen LogP contribution in [0.4, 0.5) is 4.79 Å². The van der Waals surface area contributed by atoms with E-state index in [0.29, 0.717) is 5.92 Å². The number of hydrogen-bond acceptors (Lipinski definition) is 2. The molecule has 5 nitrogen and oxygen atoms in total. The normalized spacial score (nSPS) is 25.7. The third kappa shape index (κ3) is 3.28. The van der Waals surface area contributed by atoms with Crippen LogP contribution in [0.1, 0.15) is 48.1 Å². The van der Waals surface area contributed by atoms with Crippen LogP contribution in [0.5, 0.6) is 0 Å². The maximum Gasteiger partial charge on any atom is 0.317 e. The number of aryl methyl sites for hydroxylation is 2. The third-order valence-electron chi connectivity index (χ3n) is 5.73. The monoisotopic (exact) mass is 338 g/mol. The summed E-state index contributed by atoms with van der Waals surface area (Å²) in [6, 6.07) is 9.30. The highest BCUT2D eigenvalue weighted by molar-refractivity contribution is 5.75.